The fraction of sp³-hybridized carbons (Fsp3) is 0.100. The Bertz CT molecular complexity index is 710. The van der Waals surface area contributed by atoms with E-state index in [0.717, 1.165) is 18.5 Å². The topological polar surface area (TPSA) is 86.2 Å². The average molecular weight is 274 g/mol. The van der Waals surface area contributed by atoms with Crippen LogP contribution in [0.1, 0.15) is 0 Å². The summed E-state index contributed by atoms with van der Waals surface area (Å²) in [5.41, 5.74) is 5.23. The first kappa shape index (κ1) is 12.5. The van der Waals surface area contributed by atoms with Gasteiger partial charge in [0.25, 0.3) is 0 Å². The van der Waals surface area contributed by atoms with Crippen LogP contribution in [0.15, 0.2) is 27.7 Å². The van der Waals surface area contributed by atoms with Gasteiger partial charge in [-0.05, 0) is 12.1 Å². The number of hydrogen-bond donors (Lipinski definition) is 1. The molecule has 0 atom stereocenters. The number of anilines is 1. The minimum absolute atomic E-state index is 0.0615. The van der Waals surface area contributed by atoms with E-state index < -0.39 is 26.4 Å². The zero-order chi connectivity index (χ0) is 13.5. The Morgan fingerprint density at radius 2 is 1.89 bits per heavy atom. The van der Waals surface area contributed by atoms with Crippen molar-refractivity contribution >= 4 is 15.7 Å². The van der Waals surface area contributed by atoms with Gasteiger partial charge in [0.1, 0.15) is 16.5 Å². The Balaban J connectivity index is 2.68. The molecule has 0 aliphatic heterocycles. The summed E-state index contributed by atoms with van der Waals surface area (Å²) in [6.07, 6.45) is 1.91. The molecule has 0 unspecified atom stereocenters. The zero-order valence-electron chi connectivity index (χ0n) is 9.15. The molecule has 96 valence electrons. The summed E-state index contributed by atoms with van der Waals surface area (Å²) in [7, 11) is -3.84. The molecule has 0 radical (unpaired) electrons. The van der Waals surface area contributed by atoms with Crippen LogP contribution >= 0.6 is 0 Å². The summed E-state index contributed by atoms with van der Waals surface area (Å²) in [5, 5.41) is 3.33. The van der Waals surface area contributed by atoms with Crippen LogP contribution in [0.4, 0.5) is 14.7 Å². The van der Waals surface area contributed by atoms with Gasteiger partial charge >= 0.3 is 0 Å². The molecule has 0 saturated carbocycles. The highest BCUT2D eigenvalue weighted by Gasteiger charge is 2.20. The lowest BCUT2D eigenvalue weighted by Crippen LogP contribution is -2.03. The third-order valence-corrected chi connectivity index (χ3v) is 3.42. The molecule has 0 spiro atoms. The number of sulfone groups is 1. The van der Waals surface area contributed by atoms with Crippen molar-refractivity contribution in [3.05, 3.63) is 30.0 Å². The van der Waals surface area contributed by atoms with Gasteiger partial charge in [0, 0.05) is 11.8 Å². The molecule has 1 heterocycles. The maximum absolute atomic E-state index is 13.7. The van der Waals surface area contributed by atoms with E-state index in [1.165, 1.54) is 0 Å². The quantitative estimate of drug-likeness (QED) is 0.899. The van der Waals surface area contributed by atoms with Gasteiger partial charge in [-0.1, -0.05) is 5.16 Å². The number of halogens is 2. The molecular formula is C10H8F2N2O3S. The fourth-order valence-corrected chi connectivity index (χ4v) is 2.20. The van der Waals surface area contributed by atoms with Crippen molar-refractivity contribution in [2.75, 3.05) is 12.0 Å². The van der Waals surface area contributed by atoms with Crippen LogP contribution in [0.3, 0.4) is 0 Å². The number of hydrogen-bond acceptors (Lipinski definition) is 5. The standard InChI is InChI=1S/C10H8F2N2O3S/c1-18(15,16)9-3-7(11)5(2-8(9)12)6-4-14-17-10(6)13/h2-4H,13H2,1H3. The van der Waals surface area contributed by atoms with E-state index in [4.69, 9.17) is 5.73 Å². The van der Waals surface area contributed by atoms with Gasteiger partial charge < -0.3 is 10.3 Å². The molecule has 0 aliphatic rings. The number of rotatable bonds is 2. The van der Waals surface area contributed by atoms with Crippen LogP contribution in [0.5, 0.6) is 0 Å². The second-order valence-electron chi connectivity index (χ2n) is 3.64. The molecule has 0 bridgehead atoms. The maximum Gasteiger partial charge on any atom is 0.230 e. The number of aromatic nitrogens is 1. The summed E-state index contributed by atoms with van der Waals surface area (Å²) in [6, 6.07) is 1.35. The highest BCUT2D eigenvalue weighted by atomic mass is 32.2. The third-order valence-electron chi connectivity index (χ3n) is 2.31. The van der Waals surface area contributed by atoms with Crippen molar-refractivity contribution < 1.29 is 21.7 Å². The summed E-state index contributed by atoms with van der Waals surface area (Å²) in [4.78, 5) is -0.709. The molecule has 2 rings (SSSR count). The summed E-state index contributed by atoms with van der Waals surface area (Å²) in [5.74, 6) is -2.17. The van der Waals surface area contributed by atoms with Gasteiger partial charge in [-0.15, -0.1) is 0 Å². The van der Waals surface area contributed by atoms with E-state index in [1.807, 2.05) is 0 Å². The van der Waals surface area contributed by atoms with Crippen LogP contribution in [0.2, 0.25) is 0 Å². The molecular weight excluding hydrogens is 266 g/mol. The molecule has 1 aromatic heterocycles. The van der Waals surface area contributed by atoms with Gasteiger partial charge in [-0.25, -0.2) is 17.2 Å². The minimum atomic E-state index is -3.84. The van der Waals surface area contributed by atoms with E-state index >= 15 is 0 Å². The fourth-order valence-electron chi connectivity index (χ4n) is 1.47. The Morgan fingerprint density at radius 1 is 1.22 bits per heavy atom. The maximum atomic E-state index is 13.7. The average Bonchev–Trinajstić information content (AvgIpc) is 2.66. The van der Waals surface area contributed by atoms with E-state index in [2.05, 4.69) is 9.68 Å². The number of benzene rings is 1. The molecule has 2 N–H and O–H groups in total. The molecule has 0 amide bonds. The SMILES string of the molecule is CS(=O)(=O)c1cc(F)c(-c2cnoc2N)cc1F. The molecule has 8 heteroatoms. The molecule has 0 saturated heterocycles. The van der Waals surface area contributed by atoms with Crippen molar-refractivity contribution in [2.45, 2.75) is 4.90 Å². The zero-order valence-corrected chi connectivity index (χ0v) is 9.96. The minimum Gasteiger partial charge on any atom is -0.367 e. The van der Waals surface area contributed by atoms with E-state index in [0.29, 0.717) is 6.07 Å². The summed E-state index contributed by atoms with van der Waals surface area (Å²) in [6.45, 7) is 0. The monoisotopic (exact) mass is 274 g/mol. The Kier molecular flexibility index (Phi) is 2.81. The summed E-state index contributed by atoms with van der Waals surface area (Å²) < 4.78 is 54.3. The van der Waals surface area contributed by atoms with Crippen molar-refractivity contribution in [1.29, 1.82) is 0 Å². The van der Waals surface area contributed by atoms with Gasteiger partial charge in [-0.3, -0.25) is 0 Å². The first-order valence-electron chi connectivity index (χ1n) is 4.70. The van der Waals surface area contributed by atoms with Crippen LogP contribution in [0, 0.1) is 11.6 Å². The highest BCUT2D eigenvalue weighted by Crippen LogP contribution is 2.30. The molecule has 2 aromatic rings. The van der Waals surface area contributed by atoms with Crippen LogP contribution < -0.4 is 5.73 Å². The lowest BCUT2D eigenvalue weighted by molar-refractivity contribution is 0.436. The summed E-state index contributed by atoms with van der Waals surface area (Å²) >= 11 is 0. The van der Waals surface area contributed by atoms with Gasteiger partial charge in [0.05, 0.1) is 11.8 Å². The lowest BCUT2D eigenvalue weighted by atomic mass is 10.1. The predicted molar refractivity (Wildman–Crippen MR) is 59.4 cm³/mol. The predicted octanol–water partition coefficient (Wildman–Crippen LogP) is 1.61. The second-order valence-corrected chi connectivity index (χ2v) is 5.62. The number of nitrogens with zero attached hydrogens (tertiary/aromatic N) is 1. The van der Waals surface area contributed by atoms with E-state index in [9.17, 15) is 17.2 Å². The van der Waals surface area contributed by atoms with Crippen molar-refractivity contribution in [3.8, 4) is 11.1 Å². The first-order valence-corrected chi connectivity index (χ1v) is 6.59. The molecule has 5 nitrogen and oxygen atoms in total. The molecule has 0 aliphatic carbocycles. The van der Waals surface area contributed by atoms with Gasteiger partial charge in [-0.2, -0.15) is 0 Å². The van der Waals surface area contributed by atoms with Crippen LogP contribution in [-0.4, -0.2) is 19.8 Å². The second kappa shape index (κ2) is 4.05. The normalized spacial score (nSPS) is 11.7. The van der Waals surface area contributed by atoms with E-state index in [-0.39, 0.29) is 17.0 Å². The lowest BCUT2D eigenvalue weighted by Gasteiger charge is -2.05. The van der Waals surface area contributed by atoms with Crippen LogP contribution in [0.25, 0.3) is 11.1 Å². The smallest absolute Gasteiger partial charge is 0.230 e. The van der Waals surface area contributed by atoms with Crippen LogP contribution in [-0.2, 0) is 9.84 Å². The number of nitrogen functional groups attached to an aromatic ring is 1. The Labute approximate surface area is 101 Å². The molecule has 0 fully saturated rings. The van der Waals surface area contributed by atoms with Gasteiger partial charge in [0.15, 0.2) is 9.84 Å². The third kappa shape index (κ3) is 2.06. The van der Waals surface area contributed by atoms with Crippen molar-refractivity contribution in [2.24, 2.45) is 0 Å². The van der Waals surface area contributed by atoms with Crippen molar-refractivity contribution in [3.63, 3.8) is 0 Å². The molecule has 1 aromatic carbocycles. The first-order chi connectivity index (χ1) is 8.30. The van der Waals surface area contributed by atoms with Gasteiger partial charge in [0.2, 0.25) is 5.88 Å². The Hall–Kier alpha value is -1.96. The molecule has 18 heavy (non-hydrogen) atoms. The van der Waals surface area contributed by atoms with E-state index in [1.54, 1.807) is 0 Å². The highest BCUT2D eigenvalue weighted by molar-refractivity contribution is 7.90. The Morgan fingerprint density at radius 3 is 2.39 bits per heavy atom. The largest absolute Gasteiger partial charge is 0.367 e. The number of nitrogens with two attached hydrogens (primary N) is 1. The van der Waals surface area contributed by atoms with Crippen molar-refractivity contribution in [1.82, 2.24) is 5.16 Å².